The van der Waals surface area contributed by atoms with E-state index in [1.165, 1.54) is 11.8 Å². The molecule has 0 atom stereocenters. The van der Waals surface area contributed by atoms with Crippen molar-refractivity contribution in [1.82, 2.24) is 19.7 Å². The van der Waals surface area contributed by atoms with Gasteiger partial charge in [-0.15, -0.1) is 10.2 Å². The van der Waals surface area contributed by atoms with Crippen molar-refractivity contribution < 1.29 is 13.9 Å². The van der Waals surface area contributed by atoms with Gasteiger partial charge in [-0.1, -0.05) is 25.1 Å². The molecule has 3 rings (SSSR count). The summed E-state index contributed by atoms with van der Waals surface area (Å²) in [6, 6.07) is 7.49. The maximum absolute atomic E-state index is 11.9. The molecule has 0 saturated carbocycles. The fourth-order valence-corrected chi connectivity index (χ4v) is 3.04. The predicted molar refractivity (Wildman–Crippen MR) is 97.7 cm³/mol. The number of pyridine rings is 1. The second-order valence-electron chi connectivity index (χ2n) is 5.58. The Kier molecular flexibility index (Phi) is 6.43. The molecule has 0 amide bonds. The summed E-state index contributed by atoms with van der Waals surface area (Å²) in [7, 11) is 0. The number of furan rings is 1. The maximum atomic E-state index is 11.9. The zero-order valence-electron chi connectivity index (χ0n) is 14.5. The van der Waals surface area contributed by atoms with E-state index in [4.69, 9.17) is 9.15 Å². The molecule has 0 radical (unpaired) electrons. The molecule has 0 aliphatic heterocycles. The topological polar surface area (TPSA) is 83.0 Å². The van der Waals surface area contributed by atoms with Crippen LogP contribution in [0.15, 0.2) is 52.5 Å². The van der Waals surface area contributed by atoms with E-state index in [1.54, 1.807) is 18.7 Å². The average Bonchev–Trinajstić information content (AvgIpc) is 3.31. The smallest absolute Gasteiger partial charge is 0.316 e. The predicted octanol–water partition coefficient (Wildman–Crippen LogP) is 3.42. The number of rotatable bonds is 9. The van der Waals surface area contributed by atoms with Crippen molar-refractivity contribution in [2.75, 3.05) is 12.4 Å². The molecule has 136 valence electrons. The number of carbonyl (C=O) groups is 1. The first-order valence-electron chi connectivity index (χ1n) is 8.42. The fourth-order valence-electron chi connectivity index (χ4n) is 2.30. The number of carbonyl (C=O) groups excluding carboxylic acids is 1. The van der Waals surface area contributed by atoms with Crippen LogP contribution in [0.3, 0.4) is 0 Å². The summed E-state index contributed by atoms with van der Waals surface area (Å²) in [5, 5.41) is 9.15. The second kappa shape index (κ2) is 9.19. The molecule has 0 aromatic carbocycles. The molecule has 3 aromatic rings. The zero-order chi connectivity index (χ0) is 18.2. The molecule has 0 aliphatic carbocycles. The molecule has 7 nitrogen and oxygen atoms in total. The first kappa shape index (κ1) is 18.2. The number of aromatic nitrogens is 4. The quantitative estimate of drug-likeness (QED) is 0.323. The molecule has 0 fully saturated rings. The Morgan fingerprint density at radius 2 is 2.23 bits per heavy atom. The Hall–Kier alpha value is -2.61. The van der Waals surface area contributed by atoms with Gasteiger partial charge in [-0.25, -0.2) is 0 Å². The second-order valence-corrected chi connectivity index (χ2v) is 6.52. The molecular weight excluding hydrogens is 352 g/mol. The zero-order valence-corrected chi connectivity index (χ0v) is 15.3. The van der Waals surface area contributed by atoms with Crippen LogP contribution in [0, 0.1) is 0 Å². The summed E-state index contributed by atoms with van der Waals surface area (Å²) in [5.41, 5.74) is 0.851. The Morgan fingerprint density at radius 3 is 2.96 bits per heavy atom. The Bertz CT molecular complexity index is 818. The minimum atomic E-state index is -0.251. The Morgan fingerprint density at radius 1 is 1.31 bits per heavy atom. The molecule has 3 heterocycles. The van der Waals surface area contributed by atoms with Crippen LogP contribution in [0.25, 0.3) is 11.4 Å². The van der Waals surface area contributed by atoms with Gasteiger partial charge in [-0.2, -0.15) is 0 Å². The van der Waals surface area contributed by atoms with Gasteiger partial charge in [0, 0.05) is 18.0 Å². The van der Waals surface area contributed by atoms with Crippen LogP contribution in [0.1, 0.15) is 25.5 Å². The molecular formula is C18H20N4O3S. The molecule has 0 bridgehead atoms. The van der Waals surface area contributed by atoms with E-state index < -0.39 is 0 Å². The summed E-state index contributed by atoms with van der Waals surface area (Å²) in [5.74, 6) is 1.39. The lowest BCUT2D eigenvalue weighted by molar-refractivity contribution is -0.140. The number of thioether (sulfide) groups is 1. The fraction of sp³-hybridized carbons (Fsp3) is 0.333. The van der Waals surface area contributed by atoms with E-state index in [0.29, 0.717) is 24.1 Å². The summed E-state index contributed by atoms with van der Waals surface area (Å²) in [6.07, 6.45) is 6.93. The highest BCUT2D eigenvalue weighted by atomic mass is 32.2. The van der Waals surface area contributed by atoms with Gasteiger partial charge in [0.1, 0.15) is 5.76 Å². The van der Waals surface area contributed by atoms with Crippen molar-refractivity contribution in [3.05, 3.63) is 48.7 Å². The lowest BCUT2D eigenvalue weighted by Crippen LogP contribution is -2.10. The highest BCUT2D eigenvalue weighted by Gasteiger charge is 2.17. The van der Waals surface area contributed by atoms with Crippen molar-refractivity contribution >= 4 is 17.7 Å². The summed E-state index contributed by atoms with van der Waals surface area (Å²) >= 11 is 1.30. The number of hydrogen-bond donors (Lipinski definition) is 0. The molecule has 26 heavy (non-hydrogen) atoms. The van der Waals surface area contributed by atoms with Gasteiger partial charge in [-0.05, 0) is 30.7 Å². The summed E-state index contributed by atoms with van der Waals surface area (Å²) in [6.45, 7) is 2.98. The molecule has 0 unspecified atom stereocenters. The third-order valence-electron chi connectivity index (χ3n) is 3.61. The molecule has 3 aromatic heterocycles. The van der Waals surface area contributed by atoms with Crippen LogP contribution < -0.4 is 0 Å². The van der Waals surface area contributed by atoms with Crippen molar-refractivity contribution in [1.29, 1.82) is 0 Å². The SMILES string of the molecule is CCCCOC(=O)CSc1nnc(-c2cccnc2)n1Cc1ccco1. The largest absolute Gasteiger partial charge is 0.467 e. The first-order chi connectivity index (χ1) is 12.8. The maximum Gasteiger partial charge on any atom is 0.316 e. The molecule has 8 heteroatoms. The highest BCUT2D eigenvalue weighted by molar-refractivity contribution is 7.99. The van der Waals surface area contributed by atoms with E-state index >= 15 is 0 Å². The van der Waals surface area contributed by atoms with E-state index in [-0.39, 0.29) is 11.7 Å². The Labute approximate surface area is 155 Å². The number of esters is 1. The lowest BCUT2D eigenvalue weighted by atomic mass is 10.2. The van der Waals surface area contributed by atoms with Crippen molar-refractivity contribution in [2.24, 2.45) is 0 Å². The van der Waals surface area contributed by atoms with Gasteiger partial charge < -0.3 is 9.15 Å². The number of hydrogen-bond acceptors (Lipinski definition) is 7. The molecule has 0 spiro atoms. The van der Waals surface area contributed by atoms with Gasteiger partial charge in [0.05, 0.1) is 25.2 Å². The molecule has 0 saturated heterocycles. The minimum absolute atomic E-state index is 0.188. The third kappa shape index (κ3) is 4.72. The Balaban J connectivity index is 1.76. The molecule has 0 aliphatic rings. The number of unbranched alkanes of at least 4 members (excludes halogenated alkanes) is 1. The van der Waals surface area contributed by atoms with Crippen LogP contribution in [0.2, 0.25) is 0 Å². The first-order valence-corrected chi connectivity index (χ1v) is 9.41. The van der Waals surface area contributed by atoms with E-state index in [0.717, 1.165) is 24.2 Å². The van der Waals surface area contributed by atoms with Crippen LogP contribution in [0.5, 0.6) is 0 Å². The number of nitrogens with zero attached hydrogens (tertiary/aromatic N) is 4. The van der Waals surface area contributed by atoms with Crippen molar-refractivity contribution in [3.63, 3.8) is 0 Å². The molecule has 0 N–H and O–H groups in total. The standard InChI is InChI=1S/C18H20N4O3S/c1-2-3-9-25-16(23)13-26-18-21-20-17(14-6-4-8-19-11-14)22(18)12-15-7-5-10-24-15/h4-8,10-11H,2-3,9,12-13H2,1H3. The van der Waals surface area contributed by atoms with Gasteiger partial charge in [-0.3, -0.25) is 14.3 Å². The van der Waals surface area contributed by atoms with Gasteiger partial charge >= 0.3 is 5.97 Å². The van der Waals surface area contributed by atoms with E-state index in [9.17, 15) is 4.79 Å². The van der Waals surface area contributed by atoms with Crippen molar-refractivity contribution in [2.45, 2.75) is 31.5 Å². The van der Waals surface area contributed by atoms with Crippen LogP contribution >= 0.6 is 11.8 Å². The van der Waals surface area contributed by atoms with Crippen LogP contribution in [-0.4, -0.2) is 38.1 Å². The number of ether oxygens (including phenoxy) is 1. The van der Waals surface area contributed by atoms with Crippen LogP contribution in [-0.2, 0) is 16.1 Å². The van der Waals surface area contributed by atoms with Crippen LogP contribution in [0.4, 0.5) is 0 Å². The van der Waals surface area contributed by atoms with Gasteiger partial charge in [0.25, 0.3) is 0 Å². The average molecular weight is 372 g/mol. The van der Waals surface area contributed by atoms with E-state index in [2.05, 4.69) is 22.1 Å². The van der Waals surface area contributed by atoms with Crippen molar-refractivity contribution in [3.8, 4) is 11.4 Å². The third-order valence-corrected chi connectivity index (χ3v) is 4.55. The van der Waals surface area contributed by atoms with Gasteiger partial charge in [0.2, 0.25) is 0 Å². The van der Waals surface area contributed by atoms with Gasteiger partial charge in [0.15, 0.2) is 11.0 Å². The normalized spacial score (nSPS) is 10.8. The minimum Gasteiger partial charge on any atom is -0.467 e. The summed E-state index contributed by atoms with van der Waals surface area (Å²) in [4.78, 5) is 16.0. The summed E-state index contributed by atoms with van der Waals surface area (Å²) < 4.78 is 12.6. The monoisotopic (exact) mass is 372 g/mol. The van der Waals surface area contributed by atoms with E-state index in [1.807, 2.05) is 28.8 Å². The highest BCUT2D eigenvalue weighted by Crippen LogP contribution is 2.25. The lowest BCUT2D eigenvalue weighted by Gasteiger charge is -2.08.